The molecule has 0 heterocycles. The molecule has 0 saturated heterocycles. The number of carbonyl (C=O) groups is 1. The van der Waals surface area contributed by atoms with Crippen LogP contribution in [0.1, 0.15) is 56.1 Å². The van der Waals surface area contributed by atoms with Gasteiger partial charge in [0, 0.05) is 25.6 Å². The molecular formula is C24H31NO. The first-order chi connectivity index (χ1) is 12.8. The number of hydrogen-bond acceptors (Lipinski definition) is 2. The zero-order valence-electron chi connectivity index (χ0n) is 15.7. The summed E-state index contributed by atoms with van der Waals surface area (Å²) in [5.74, 6) is 0.821. The van der Waals surface area contributed by atoms with E-state index in [2.05, 4.69) is 65.6 Å². The summed E-state index contributed by atoms with van der Waals surface area (Å²) < 4.78 is 0. The average molecular weight is 350 g/mol. The molecule has 2 heteroatoms. The van der Waals surface area contributed by atoms with Crippen LogP contribution in [0.25, 0.3) is 0 Å². The largest absolute Gasteiger partial charge is 0.303 e. The van der Waals surface area contributed by atoms with Crippen molar-refractivity contribution in [1.82, 2.24) is 4.90 Å². The van der Waals surface area contributed by atoms with Crippen LogP contribution in [0.4, 0.5) is 0 Å². The third kappa shape index (κ3) is 5.81. The van der Waals surface area contributed by atoms with E-state index < -0.39 is 0 Å². The van der Waals surface area contributed by atoms with Crippen molar-refractivity contribution in [3.05, 3.63) is 71.8 Å². The molecule has 1 aliphatic carbocycles. The summed E-state index contributed by atoms with van der Waals surface area (Å²) in [5.41, 5.74) is 2.80. The van der Waals surface area contributed by atoms with Crippen molar-refractivity contribution >= 4 is 6.29 Å². The lowest BCUT2D eigenvalue weighted by molar-refractivity contribution is -0.108. The standard InChI is InChI=1S/C24H31NO/c26-18-8-7-9-21-14-16-24(17-15-21)25(19-22-10-3-1-4-11-22)20-23-12-5-2-6-13-23/h1-6,10-13,18,21,24H,7-9,14-17,19-20H2. The van der Waals surface area contributed by atoms with Gasteiger partial charge in [0.25, 0.3) is 0 Å². The van der Waals surface area contributed by atoms with E-state index in [1.54, 1.807) is 0 Å². The van der Waals surface area contributed by atoms with Gasteiger partial charge in [0.2, 0.25) is 0 Å². The second-order valence-corrected chi connectivity index (χ2v) is 7.65. The summed E-state index contributed by atoms with van der Waals surface area (Å²) in [6, 6.07) is 22.4. The van der Waals surface area contributed by atoms with Crippen LogP contribution in [-0.4, -0.2) is 17.2 Å². The number of hydrogen-bond donors (Lipinski definition) is 0. The zero-order valence-corrected chi connectivity index (χ0v) is 15.7. The quantitative estimate of drug-likeness (QED) is 0.433. The monoisotopic (exact) mass is 349 g/mol. The second-order valence-electron chi connectivity index (χ2n) is 7.65. The first-order valence-electron chi connectivity index (χ1n) is 10.1. The van der Waals surface area contributed by atoms with Crippen molar-refractivity contribution in [2.45, 2.75) is 64.1 Å². The maximum absolute atomic E-state index is 10.5. The lowest BCUT2D eigenvalue weighted by atomic mass is 9.82. The molecule has 0 amide bonds. The van der Waals surface area contributed by atoms with Crippen LogP contribution in [0, 0.1) is 5.92 Å². The van der Waals surface area contributed by atoms with E-state index in [4.69, 9.17) is 0 Å². The topological polar surface area (TPSA) is 20.3 Å². The molecule has 26 heavy (non-hydrogen) atoms. The first kappa shape index (κ1) is 18.8. The maximum Gasteiger partial charge on any atom is 0.119 e. The highest BCUT2D eigenvalue weighted by Gasteiger charge is 2.25. The molecule has 0 atom stereocenters. The summed E-state index contributed by atoms with van der Waals surface area (Å²) in [6.45, 7) is 2.05. The Morgan fingerprint density at radius 1 is 0.808 bits per heavy atom. The van der Waals surface area contributed by atoms with Gasteiger partial charge < -0.3 is 4.79 Å². The normalized spacial score (nSPS) is 20.2. The minimum absolute atomic E-state index is 0.665. The minimum Gasteiger partial charge on any atom is -0.303 e. The minimum atomic E-state index is 0.665. The Labute approximate surface area is 158 Å². The highest BCUT2D eigenvalue weighted by atomic mass is 16.1. The van der Waals surface area contributed by atoms with E-state index in [-0.39, 0.29) is 0 Å². The number of rotatable bonds is 9. The van der Waals surface area contributed by atoms with Gasteiger partial charge in [0.1, 0.15) is 6.29 Å². The third-order valence-electron chi connectivity index (χ3n) is 5.72. The molecule has 0 aromatic heterocycles. The summed E-state index contributed by atoms with van der Waals surface area (Å²) in [5, 5.41) is 0. The zero-order chi connectivity index (χ0) is 18.0. The van der Waals surface area contributed by atoms with E-state index in [1.165, 1.54) is 43.2 Å². The lowest BCUT2D eigenvalue weighted by Gasteiger charge is -2.37. The Kier molecular flexibility index (Phi) is 7.45. The summed E-state index contributed by atoms with van der Waals surface area (Å²) in [7, 11) is 0. The molecule has 0 radical (unpaired) electrons. The molecule has 2 nitrogen and oxygen atoms in total. The van der Waals surface area contributed by atoms with Crippen LogP contribution >= 0.6 is 0 Å². The van der Waals surface area contributed by atoms with Gasteiger partial charge in [-0.25, -0.2) is 0 Å². The van der Waals surface area contributed by atoms with E-state index in [0.717, 1.165) is 38.1 Å². The van der Waals surface area contributed by atoms with Gasteiger partial charge in [-0.3, -0.25) is 4.90 Å². The van der Waals surface area contributed by atoms with Gasteiger partial charge in [-0.15, -0.1) is 0 Å². The predicted octanol–water partition coefficient (Wildman–Crippen LogP) is 5.62. The van der Waals surface area contributed by atoms with Crippen molar-refractivity contribution < 1.29 is 4.79 Å². The molecule has 0 bridgehead atoms. The number of aldehydes is 1. The summed E-state index contributed by atoms with van der Waals surface area (Å²) in [6.07, 6.45) is 9.27. The molecule has 2 aromatic carbocycles. The number of benzene rings is 2. The van der Waals surface area contributed by atoms with E-state index in [0.29, 0.717) is 6.04 Å². The van der Waals surface area contributed by atoms with Crippen molar-refractivity contribution in [3.63, 3.8) is 0 Å². The van der Waals surface area contributed by atoms with Gasteiger partial charge >= 0.3 is 0 Å². The number of carbonyl (C=O) groups excluding carboxylic acids is 1. The molecule has 138 valence electrons. The molecule has 1 saturated carbocycles. The highest BCUT2D eigenvalue weighted by molar-refractivity contribution is 5.48. The van der Waals surface area contributed by atoms with Crippen LogP contribution < -0.4 is 0 Å². The Morgan fingerprint density at radius 3 is 1.85 bits per heavy atom. The number of unbranched alkanes of at least 4 members (excludes halogenated alkanes) is 1. The molecule has 0 aliphatic heterocycles. The number of nitrogens with zero attached hydrogens (tertiary/aromatic N) is 1. The molecule has 3 rings (SSSR count). The molecule has 2 aromatic rings. The van der Waals surface area contributed by atoms with Crippen LogP contribution in [-0.2, 0) is 17.9 Å². The average Bonchev–Trinajstić information content (AvgIpc) is 2.70. The van der Waals surface area contributed by atoms with Crippen LogP contribution in [0.5, 0.6) is 0 Å². The third-order valence-corrected chi connectivity index (χ3v) is 5.72. The predicted molar refractivity (Wildman–Crippen MR) is 108 cm³/mol. The maximum atomic E-state index is 10.5. The highest BCUT2D eigenvalue weighted by Crippen LogP contribution is 2.32. The van der Waals surface area contributed by atoms with Gasteiger partial charge in [0.15, 0.2) is 0 Å². The smallest absolute Gasteiger partial charge is 0.119 e. The molecule has 1 aliphatic rings. The summed E-state index contributed by atoms with van der Waals surface area (Å²) >= 11 is 0. The van der Waals surface area contributed by atoms with Gasteiger partial charge in [-0.1, -0.05) is 67.1 Å². The Balaban J connectivity index is 1.61. The Bertz CT molecular complexity index is 590. The fourth-order valence-corrected chi connectivity index (χ4v) is 4.24. The van der Waals surface area contributed by atoms with E-state index in [1.807, 2.05) is 0 Å². The van der Waals surface area contributed by atoms with Crippen molar-refractivity contribution in [2.75, 3.05) is 0 Å². The van der Waals surface area contributed by atoms with Crippen molar-refractivity contribution in [2.24, 2.45) is 5.92 Å². The Hall–Kier alpha value is -1.93. The SMILES string of the molecule is O=CCCCC1CCC(N(Cc2ccccc2)Cc2ccccc2)CC1. The fourth-order valence-electron chi connectivity index (χ4n) is 4.24. The van der Waals surface area contributed by atoms with Crippen molar-refractivity contribution in [3.8, 4) is 0 Å². The second kappa shape index (κ2) is 10.3. The van der Waals surface area contributed by atoms with Gasteiger partial charge in [0.05, 0.1) is 0 Å². The Morgan fingerprint density at radius 2 is 1.35 bits per heavy atom. The van der Waals surface area contributed by atoms with E-state index in [9.17, 15) is 4.79 Å². The first-order valence-corrected chi connectivity index (χ1v) is 10.1. The molecule has 0 spiro atoms. The van der Waals surface area contributed by atoms with Gasteiger partial charge in [-0.05, 0) is 49.1 Å². The fraction of sp³-hybridized carbons (Fsp3) is 0.458. The van der Waals surface area contributed by atoms with Crippen LogP contribution in [0.2, 0.25) is 0 Å². The molecule has 0 unspecified atom stereocenters. The molecular weight excluding hydrogens is 318 g/mol. The van der Waals surface area contributed by atoms with Crippen LogP contribution in [0.15, 0.2) is 60.7 Å². The van der Waals surface area contributed by atoms with Crippen molar-refractivity contribution in [1.29, 1.82) is 0 Å². The van der Waals surface area contributed by atoms with E-state index >= 15 is 0 Å². The summed E-state index contributed by atoms with van der Waals surface area (Å²) in [4.78, 5) is 13.2. The van der Waals surface area contributed by atoms with Crippen LogP contribution in [0.3, 0.4) is 0 Å². The lowest BCUT2D eigenvalue weighted by Crippen LogP contribution is -2.37. The molecule has 0 N–H and O–H groups in total. The molecule has 1 fully saturated rings. The van der Waals surface area contributed by atoms with Gasteiger partial charge in [-0.2, -0.15) is 0 Å².